The quantitative estimate of drug-likeness (QED) is 0.364. The first-order chi connectivity index (χ1) is 7.33. The summed E-state index contributed by atoms with van der Waals surface area (Å²) >= 11 is 0. The van der Waals surface area contributed by atoms with E-state index in [1.807, 2.05) is 6.08 Å². The Morgan fingerprint density at radius 2 is 2.13 bits per heavy atom. The van der Waals surface area contributed by atoms with Gasteiger partial charge >= 0.3 is 5.97 Å². The molecule has 1 unspecified atom stereocenters. The van der Waals surface area contributed by atoms with E-state index >= 15 is 0 Å². The third-order valence-electron chi connectivity index (χ3n) is 2.47. The van der Waals surface area contributed by atoms with Gasteiger partial charge in [0, 0.05) is 6.08 Å². The molecule has 1 aliphatic heterocycles. The number of esters is 1. The summed E-state index contributed by atoms with van der Waals surface area (Å²) < 4.78 is 4.97. The summed E-state index contributed by atoms with van der Waals surface area (Å²) in [5.41, 5.74) is 0. The maximum atomic E-state index is 10.7. The highest BCUT2D eigenvalue weighted by Gasteiger charge is 2.12. The van der Waals surface area contributed by atoms with Gasteiger partial charge in [0.2, 0.25) is 0 Å². The van der Waals surface area contributed by atoms with E-state index in [1.165, 1.54) is 38.2 Å². The van der Waals surface area contributed by atoms with Crippen LogP contribution in [-0.4, -0.2) is 12.1 Å². The minimum absolute atomic E-state index is 0.117. The van der Waals surface area contributed by atoms with Gasteiger partial charge in [-0.3, -0.25) is 0 Å². The van der Waals surface area contributed by atoms with Gasteiger partial charge < -0.3 is 4.74 Å². The van der Waals surface area contributed by atoms with Crippen LogP contribution in [0.2, 0.25) is 0 Å². The van der Waals surface area contributed by atoms with Gasteiger partial charge in [0.25, 0.3) is 0 Å². The lowest BCUT2D eigenvalue weighted by atomic mass is 10.1. The van der Waals surface area contributed by atoms with Crippen molar-refractivity contribution in [2.75, 3.05) is 0 Å². The van der Waals surface area contributed by atoms with Crippen molar-refractivity contribution in [3.05, 3.63) is 24.3 Å². The molecule has 0 amide bonds. The first kappa shape index (κ1) is 12.0. The lowest BCUT2D eigenvalue weighted by Crippen LogP contribution is -2.03. The molecular weight excluding hydrogens is 188 g/mol. The molecule has 84 valence electrons. The monoisotopic (exact) mass is 208 g/mol. The van der Waals surface area contributed by atoms with Crippen LogP contribution in [0.4, 0.5) is 0 Å². The minimum atomic E-state index is -0.229. The SMILES string of the molecule is CCCCCCC/C=C/C1C=CC(=O)O1. The molecule has 0 saturated carbocycles. The Bertz CT molecular complexity index is 241. The Morgan fingerprint density at radius 1 is 1.33 bits per heavy atom. The Kier molecular flexibility index (Phi) is 5.83. The molecule has 1 rings (SSSR count). The maximum Gasteiger partial charge on any atom is 0.331 e. The summed E-state index contributed by atoms with van der Waals surface area (Å²) in [6, 6.07) is 0. The number of hydrogen-bond donors (Lipinski definition) is 0. The Hall–Kier alpha value is -1.05. The molecule has 0 aromatic rings. The van der Waals surface area contributed by atoms with Gasteiger partial charge in [0.15, 0.2) is 0 Å². The van der Waals surface area contributed by atoms with Crippen molar-refractivity contribution in [1.82, 2.24) is 0 Å². The third kappa shape index (κ3) is 5.40. The molecule has 0 fully saturated rings. The molecule has 15 heavy (non-hydrogen) atoms. The average Bonchev–Trinajstić information content (AvgIpc) is 2.63. The molecule has 0 N–H and O–H groups in total. The third-order valence-corrected chi connectivity index (χ3v) is 2.47. The summed E-state index contributed by atoms with van der Waals surface area (Å²) in [5, 5.41) is 0. The van der Waals surface area contributed by atoms with Crippen LogP contribution in [0.3, 0.4) is 0 Å². The molecule has 1 atom stereocenters. The number of unbranched alkanes of at least 4 members (excludes halogenated alkanes) is 5. The van der Waals surface area contributed by atoms with E-state index in [0.29, 0.717) is 0 Å². The molecule has 0 spiro atoms. The molecule has 0 aromatic heterocycles. The highest BCUT2D eigenvalue weighted by molar-refractivity contribution is 5.84. The molecule has 0 radical (unpaired) electrons. The van der Waals surface area contributed by atoms with Gasteiger partial charge in [0.1, 0.15) is 6.10 Å². The van der Waals surface area contributed by atoms with E-state index in [-0.39, 0.29) is 12.1 Å². The lowest BCUT2D eigenvalue weighted by molar-refractivity contribution is -0.137. The van der Waals surface area contributed by atoms with Crippen molar-refractivity contribution in [2.24, 2.45) is 0 Å². The highest BCUT2D eigenvalue weighted by Crippen LogP contribution is 2.09. The zero-order chi connectivity index (χ0) is 10.9. The van der Waals surface area contributed by atoms with Crippen molar-refractivity contribution in [2.45, 2.75) is 51.6 Å². The number of allylic oxidation sites excluding steroid dienone is 1. The van der Waals surface area contributed by atoms with E-state index in [1.54, 1.807) is 6.08 Å². The summed E-state index contributed by atoms with van der Waals surface area (Å²) in [6.45, 7) is 2.22. The normalized spacial score (nSPS) is 20.1. The van der Waals surface area contributed by atoms with Crippen LogP contribution in [0.15, 0.2) is 24.3 Å². The largest absolute Gasteiger partial charge is 0.451 e. The Morgan fingerprint density at radius 3 is 2.80 bits per heavy atom. The summed E-state index contributed by atoms with van der Waals surface area (Å²) in [5.74, 6) is -0.229. The fourth-order valence-electron chi connectivity index (χ4n) is 1.59. The smallest absolute Gasteiger partial charge is 0.331 e. The van der Waals surface area contributed by atoms with E-state index in [0.717, 1.165) is 6.42 Å². The number of cyclic esters (lactones) is 1. The first-order valence-corrected chi connectivity index (χ1v) is 5.88. The van der Waals surface area contributed by atoms with Crippen molar-refractivity contribution < 1.29 is 9.53 Å². The zero-order valence-electron chi connectivity index (χ0n) is 9.45. The zero-order valence-corrected chi connectivity index (χ0v) is 9.45. The second kappa shape index (κ2) is 7.27. The van der Waals surface area contributed by atoms with Crippen LogP contribution in [0.25, 0.3) is 0 Å². The topological polar surface area (TPSA) is 26.3 Å². The van der Waals surface area contributed by atoms with E-state index in [4.69, 9.17) is 4.74 Å². The van der Waals surface area contributed by atoms with Gasteiger partial charge in [-0.25, -0.2) is 4.79 Å². The molecular formula is C13H20O2. The van der Waals surface area contributed by atoms with Gasteiger partial charge in [-0.05, 0) is 25.0 Å². The van der Waals surface area contributed by atoms with E-state index in [2.05, 4.69) is 13.0 Å². The summed E-state index contributed by atoms with van der Waals surface area (Å²) in [4.78, 5) is 10.7. The van der Waals surface area contributed by atoms with Crippen LogP contribution in [0.5, 0.6) is 0 Å². The lowest BCUT2D eigenvalue weighted by Gasteiger charge is -2.01. The molecule has 1 heterocycles. The predicted molar refractivity (Wildman–Crippen MR) is 61.5 cm³/mol. The fourth-order valence-corrected chi connectivity index (χ4v) is 1.59. The number of carbonyl (C=O) groups excluding carboxylic acids is 1. The second-order valence-electron chi connectivity index (χ2n) is 3.89. The standard InChI is InChI=1S/C13H20O2/c1-2-3-4-5-6-7-8-9-12-10-11-13(14)15-12/h8-12H,2-7H2,1H3/b9-8+. The molecule has 1 aliphatic rings. The van der Waals surface area contributed by atoms with Crippen LogP contribution in [0, 0.1) is 0 Å². The molecule has 0 aromatic carbocycles. The number of hydrogen-bond acceptors (Lipinski definition) is 2. The van der Waals surface area contributed by atoms with Gasteiger partial charge in [0.05, 0.1) is 0 Å². The summed E-state index contributed by atoms with van der Waals surface area (Å²) in [7, 11) is 0. The maximum absolute atomic E-state index is 10.7. The number of ether oxygens (including phenoxy) is 1. The van der Waals surface area contributed by atoms with E-state index < -0.39 is 0 Å². The van der Waals surface area contributed by atoms with Crippen molar-refractivity contribution in [3.63, 3.8) is 0 Å². The number of rotatable bonds is 7. The first-order valence-electron chi connectivity index (χ1n) is 5.88. The van der Waals surface area contributed by atoms with E-state index in [9.17, 15) is 4.79 Å². The van der Waals surface area contributed by atoms with Crippen LogP contribution >= 0.6 is 0 Å². The number of carbonyl (C=O) groups is 1. The van der Waals surface area contributed by atoms with Gasteiger partial charge in [-0.2, -0.15) is 0 Å². The summed E-state index contributed by atoms with van der Waals surface area (Å²) in [6.07, 6.45) is 14.8. The van der Waals surface area contributed by atoms with Crippen molar-refractivity contribution in [1.29, 1.82) is 0 Å². The molecule has 0 bridgehead atoms. The van der Waals surface area contributed by atoms with Gasteiger partial charge in [-0.15, -0.1) is 0 Å². The van der Waals surface area contributed by atoms with Crippen LogP contribution in [0.1, 0.15) is 45.4 Å². The fraction of sp³-hybridized carbons (Fsp3) is 0.615. The highest BCUT2D eigenvalue weighted by atomic mass is 16.5. The Balaban J connectivity index is 1.98. The van der Waals surface area contributed by atoms with Crippen molar-refractivity contribution in [3.8, 4) is 0 Å². The Labute approximate surface area is 92.0 Å². The molecule has 0 aliphatic carbocycles. The average molecular weight is 208 g/mol. The van der Waals surface area contributed by atoms with Gasteiger partial charge in [-0.1, -0.05) is 38.7 Å². The minimum Gasteiger partial charge on any atom is -0.451 e. The molecule has 0 saturated heterocycles. The molecule has 2 heteroatoms. The van der Waals surface area contributed by atoms with Crippen molar-refractivity contribution >= 4 is 5.97 Å². The van der Waals surface area contributed by atoms with Crippen LogP contribution in [-0.2, 0) is 9.53 Å². The van der Waals surface area contributed by atoms with Crippen LogP contribution < -0.4 is 0 Å². The molecule has 2 nitrogen and oxygen atoms in total. The second-order valence-corrected chi connectivity index (χ2v) is 3.89. The predicted octanol–water partition coefficient (Wildman–Crippen LogP) is 3.38.